The third-order valence-corrected chi connectivity index (χ3v) is 0.798. The summed E-state index contributed by atoms with van der Waals surface area (Å²) in [6.07, 6.45) is 0. The van der Waals surface area contributed by atoms with Crippen molar-refractivity contribution >= 4 is 29.6 Å². The topological polar surface area (TPSA) is 83.5 Å². The largest absolute Gasteiger partial charge is 0.480 e. The normalized spacial score (nSPS) is 8.50. The molecule has 0 unspecified atom stereocenters. The number of carbonyl (C=O) groups excluding carboxylic acids is 2. The molecule has 0 radical (unpaired) electrons. The lowest BCUT2D eigenvalue weighted by Crippen LogP contribution is -2.32. The van der Waals surface area contributed by atoms with Crippen molar-refractivity contribution < 1.29 is 19.5 Å². The van der Waals surface area contributed by atoms with E-state index in [1.54, 1.807) is 0 Å². The van der Waals surface area contributed by atoms with Gasteiger partial charge in [-0.2, -0.15) is 0 Å². The number of carbonyl (C=O) groups is 3. The van der Waals surface area contributed by atoms with Crippen molar-refractivity contribution in [1.82, 2.24) is 5.32 Å². The molecular formula is C4H5NO4S. The monoisotopic (exact) mass is 163 g/mol. The quantitative estimate of drug-likeness (QED) is 0.354. The zero-order valence-corrected chi connectivity index (χ0v) is 5.72. The van der Waals surface area contributed by atoms with E-state index < -0.39 is 23.5 Å². The van der Waals surface area contributed by atoms with Gasteiger partial charge in [0, 0.05) is 0 Å². The van der Waals surface area contributed by atoms with Crippen molar-refractivity contribution in [2.24, 2.45) is 0 Å². The molecule has 0 aromatic rings. The molecule has 2 N–H and O–H groups in total. The van der Waals surface area contributed by atoms with E-state index in [9.17, 15) is 14.4 Å². The molecule has 0 atom stereocenters. The lowest BCUT2D eigenvalue weighted by Gasteiger charge is -1.94. The Morgan fingerprint density at radius 3 is 2.20 bits per heavy atom. The summed E-state index contributed by atoms with van der Waals surface area (Å²) in [5, 5.41) is 8.81. The fourth-order valence-electron chi connectivity index (χ4n) is 0.232. The molecule has 0 bridgehead atoms. The lowest BCUT2D eigenvalue weighted by atomic mass is 10.6. The number of hydrogen-bond donors (Lipinski definition) is 3. The van der Waals surface area contributed by atoms with Crippen molar-refractivity contribution in [1.29, 1.82) is 0 Å². The molecule has 5 nitrogen and oxygen atoms in total. The number of aliphatic carboxylic acids is 1. The van der Waals surface area contributed by atoms with Gasteiger partial charge in [0.15, 0.2) is 0 Å². The molecule has 1 amide bonds. The second kappa shape index (κ2) is 3.89. The Morgan fingerprint density at radius 2 is 1.90 bits per heavy atom. The highest BCUT2D eigenvalue weighted by Gasteiger charge is 2.08. The van der Waals surface area contributed by atoms with Crippen LogP contribution in [0.3, 0.4) is 0 Å². The standard InChI is InChI=1S/C4H5NO4S/c6-2(7)1-5-3(8)4(9)10/h1H2,(H,5,8)(H,6,7)(H,9,10). The average Bonchev–Trinajstić information content (AvgIpc) is 1.82. The van der Waals surface area contributed by atoms with Crippen LogP contribution in [-0.4, -0.2) is 28.6 Å². The van der Waals surface area contributed by atoms with Gasteiger partial charge >= 0.3 is 5.97 Å². The second-order valence-corrected chi connectivity index (χ2v) is 1.79. The van der Waals surface area contributed by atoms with Crippen molar-refractivity contribution in [2.75, 3.05) is 6.54 Å². The number of rotatable bonds is 3. The molecule has 10 heavy (non-hydrogen) atoms. The summed E-state index contributed by atoms with van der Waals surface area (Å²) >= 11 is 3.15. The highest BCUT2D eigenvalue weighted by molar-refractivity contribution is 7.98. The van der Waals surface area contributed by atoms with Crippen LogP contribution in [0.2, 0.25) is 0 Å². The minimum absolute atomic E-state index is 0.564. The summed E-state index contributed by atoms with van der Waals surface area (Å²) < 4.78 is 0. The van der Waals surface area contributed by atoms with E-state index in [2.05, 4.69) is 12.6 Å². The van der Waals surface area contributed by atoms with Gasteiger partial charge in [-0.25, -0.2) is 0 Å². The number of carboxylic acid groups (broad SMARTS) is 1. The van der Waals surface area contributed by atoms with Crippen LogP contribution in [0.5, 0.6) is 0 Å². The first-order chi connectivity index (χ1) is 4.54. The number of nitrogens with one attached hydrogen (secondary N) is 1. The van der Waals surface area contributed by atoms with Crippen LogP contribution >= 0.6 is 12.6 Å². The van der Waals surface area contributed by atoms with E-state index in [1.165, 1.54) is 0 Å². The summed E-state index contributed by atoms with van der Waals surface area (Å²) in [6.45, 7) is -0.564. The Bertz CT molecular complexity index is 178. The smallest absolute Gasteiger partial charge is 0.322 e. The van der Waals surface area contributed by atoms with Gasteiger partial charge in [-0.1, -0.05) is 12.6 Å². The van der Waals surface area contributed by atoms with E-state index in [0.29, 0.717) is 0 Å². The van der Waals surface area contributed by atoms with Gasteiger partial charge in [0.25, 0.3) is 11.0 Å². The SMILES string of the molecule is O=C(O)CNC(=O)C(=O)S. The molecule has 0 saturated heterocycles. The summed E-state index contributed by atoms with van der Waals surface area (Å²) in [5.74, 6) is -2.21. The zero-order chi connectivity index (χ0) is 8.15. The Balaban J connectivity index is 3.60. The fourth-order valence-corrected chi connectivity index (χ4v) is 0.311. The molecule has 0 fully saturated rings. The predicted octanol–water partition coefficient (Wildman–Crippen LogP) is -1.36. The lowest BCUT2D eigenvalue weighted by molar-refractivity contribution is -0.139. The summed E-state index contributed by atoms with van der Waals surface area (Å²) in [5.41, 5.74) is 0. The molecule has 0 aliphatic heterocycles. The molecule has 0 rings (SSSR count). The second-order valence-electron chi connectivity index (χ2n) is 1.38. The van der Waals surface area contributed by atoms with Crippen LogP contribution in [0.15, 0.2) is 0 Å². The first-order valence-electron chi connectivity index (χ1n) is 2.27. The zero-order valence-electron chi connectivity index (χ0n) is 4.83. The van der Waals surface area contributed by atoms with Crippen LogP contribution in [-0.2, 0) is 14.4 Å². The fraction of sp³-hybridized carbons (Fsp3) is 0.250. The van der Waals surface area contributed by atoms with Crippen LogP contribution in [0.4, 0.5) is 0 Å². The van der Waals surface area contributed by atoms with E-state index in [0.717, 1.165) is 0 Å². The number of hydrogen-bond acceptors (Lipinski definition) is 3. The van der Waals surface area contributed by atoms with E-state index >= 15 is 0 Å². The van der Waals surface area contributed by atoms with Crippen LogP contribution < -0.4 is 5.32 Å². The molecular weight excluding hydrogens is 158 g/mol. The van der Waals surface area contributed by atoms with Crippen molar-refractivity contribution in [2.45, 2.75) is 0 Å². The van der Waals surface area contributed by atoms with Gasteiger partial charge in [-0.15, -0.1) is 0 Å². The van der Waals surface area contributed by atoms with Crippen LogP contribution in [0.1, 0.15) is 0 Å². The Hall–Kier alpha value is -1.04. The maximum Gasteiger partial charge on any atom is 0.322 e. The van der Waals surface area contributed by atoms with Crippen molar-refractivity contribution in [3.05, 3.63) is 0 Å². The van der Waals surface area contributed by atoms with E-state index in [-0.39, 0.29) is 0 Å². The van der Waals surface area contributed by atoms with Crippen molar-refractivity contribution in [3.8, 4) is 0 Å². The van der Waals surface area contributed by atoms with E-state index in [1.807, 2.05) is 5.32 Å². The van der Waals surface area contributed by atoms with Gasteiger partial charge in [-0.05, 0) is 0 Å². The molecule has 0 spiro atoms. The maximum absolute atomic E-state index is 10.2. The van der Waals surface area contributed by atoms with Gasteiger partial charge in [-0.3, -0.25) is 14.4 Å². The number of thiol groups is 1. The third-order valence-electron chi connectivity index (χ3n) is 0.594. The summed E-state index contributed by atoms with van der Waals surface area (Å²) in [4.78, 5) is 30.0. The van der Waals surface area contributed by atoms with Crippen LogP contribution in [0.25, 0.3) is 0 Å². The first-order valence-corrected chi connectivity index (χ1v) is 2.71. The van der Waals surface area contributed by atoms with Gasteiger partial charge in [0.2, 0.25) is 0 Å². The minimum atomic E-state index is -1.21. The Kier molecular flexibility index (Phi) is 3.48. The third kappa shape index (κ3) is 3.90. The first kappa shape index (κ1) is 8.96. The Morgan fingerprint density at radius 1 is 1.40 bits per heavy atom. The van der Waals surface area contributed by atoms with Crippen LogP contribution in [0, 0.1) is 0 Å². The molecule has 6 heteroatoms. The van der Waals surface area contributed by atoms with Gasteiger partial charge in [0.1, 0.15) is 6.54 Å². The molecule has 0 saturated carbocycles. The predicted molar refractivity (Wildman–Crippen MR) is 34.6 cm³/mol. The summed E-state index contributed by atoms with van der Waals surface area (Å²) in [7, 11) is 0. The molecule has 0 aromatic carbocycles. The maximum atomic E-state index is 10.2. The van der Waals surface area contributed by atoms with Crippen molar-refractivity contribution in [3.63, 3.8) is 0 Å². The summed E-state index contributed by atoms with van der Waals surface area (Å²) in [6, 6.07) is 0. The number of carboxylic acids is 1. The molecule has 56 valence electrons. The van der Waals surface area contributed by atoms with Gasteiger partial charge < -0.3 is 10.4 Å². The molecule has 0 aliphatic carbocycles. The van der Waals surface area contributed by atoms with Gasteiger partial charge in [0.05, 0.1) is 0 Å². The van der Waals surface area contributed by atoms with E-state index in [4.69, 9.17) is 5.11 Å². The molecule has 0 aromatic heterocycles. The highest BCUT2D eigenvalue weighted by Crippen LogP contribution is 1.76. The number of amides is 1. The molecule has 0 heterocycles. The minimum Gasteiger partial charge on any atom is -0.480 e. The average molecular weight is 163 g/mol. The Labute approximate surface area is 61.8 Å². The highest BCUT2D eigenvalue weighted by atomic mass is 32.1. The molecule has 0 aliphatic rings.